The van der Waals surface area contributed by atoms with Gasteiger partial charge in [-0.2, -0.15) is 5.10 Å². The summed E-state index contributed by atoms with van der Waals surface area (Å²) in [5.41, 5.74) is 4.16. The summed E-state index contributed by atoms with van der Waals surface area (Å²) in [7, 11) is 1.87. The second-order valence-electron chi connectivity index (χ2n) is 4.41. The minimum atomic E-state index is -0.901. The highest BCUT2D eigenvalue weighted by atomic mass is 16.4. The first-order valence-corrected chi connectivity index (χ1v) is 5.89. The van der Waals surface area contributed by atoms with Gasteiger partial charge in [-0.3, -0.25) is 4.68 Å². The minimum absolute atomic E-state index is 0.316. The van der Waals surface area contributed by atoms with Crippen LogP contribution in [0, 0.1) is 6.92 Å². The average Bonchev–Trinajstić information content (AvgIpc) is 2.69. The molecule has 0 atom stereocenters. The Balaban J connectivity index is 2.59. The van der Waals surface area contributed by atoms with E-state index in [4.69, 9.17) is 5.11 Å². The summed E-state index contributed by atoms with van der Waals surface area (Å²) < 4.78 is 1.76. The third-order valence-corrected chi connectivity index (χ3v) is 2.88. The Morgan fingerprint density at radius 1 is 1.39 bits per heavy atom. The maximum absolute atomic E-state index is 11.1. The van der Waals surface area contributed by atoms with Crippen LogP contribution >= 0.6 is 0 Å². The van der Waals surface area contributed by atoms with E-state index in [0.717, 1.165) is 28.8 Å². The summed E-state index contributed by atoms with van der Waals surface area (Å²) in [5.74, 6) is -0.901. The molecule has 0 aliphatic rings. The Bertz CT molecular complexity index is 600. The molecule has 4 nitrogen and oxygen atoms in total. The average molecular weight is 244 g/mol. The van der Waals surface area contributed by atoms with Crippen molar-refractivity contribution in [1.82, 2.24) is 9.78 Å². The molecular formula is C14H16N2O2. The van der Waals surface area contributed by atoms with Crippen molar-refractivity contribution in [3.63, 3.8) is 0 Å². The van der Waals surface area contributed by atoms with Crippen LogP contribution in [0.15, 0.2) is 24.4 Å². The molecule has 0 unspecified atom stereocenters. The molecular weight excluding hydrogens is 228 g/mol. The summed E-state index contributed by atoms with van der Waals surface area (Å²) in [6.07, 6.45) is 2.76. The molecule has 4 heteroatoms. The van der Waals surface area contributed by atoms with Crippen molar-refractivity contribution in [2.24, 2.45) is 7.05 Å². The molecule has 1 aromatic heterocycles. The van der Waals surface area contributed by atoms with Crippen molar-refractivity contribution in [3.8, 4) is 11.1 Å². The molecule has 0 aliphatic heterocycles. The molecule has 2 aromatic rings. The van der Waals surface area contributed by atoms with Gasteiger partial charge in [-0.25, -0.2) is 4.79 Å². The van der Waals surface area contributed by atoms with Gasteiger partial charge < -0.3 is 5.11 Å². The van der Waals surface area contributed by atoms with Gasteiger partial charge >= 0.3 is 5.97 Å². The van der Waals surface area contributed by atoms with Crippen LogP contribution in [-0.4, -0.2) is 20.9 Å². The maximum Gasteiger partial charge on any atom is 0.335 e. The van der Waals surface area contributed by atoms with Gasteiger partial charge in [0.15, 0.2) is 0 Å². The van der Waals surface area contributed by atoms with Gasteiger partial charge in [0.2, 0.25) is 0 Å². The molecule has 0 amide bonds. The van der Waals surface area contributed by atoms with Crippen molar-refractivity contribution in [2.75, 3.05) is 0 Å². The van der Waals surface area contributed by atoms with Gasteiger partial charge in [-0.15, -0.1) is 0 Å². The van der Waals surface area contributed by atoms with E-state index in [1.807, 2.05) is 33.2 Å². The van der Waals surface area contributed by atoms with E-state index in [2.05, 4.69) is 5.10 Å². The number of carbonyl (C=O) groups is 1. The Hall–Kier alpha value is -2.10. The Kier molecular flexibility index (Phi) is 3.19. The zero-order chi connectivity index (χ0) is 13.3. The second kappa shape index (κ2) is 4.64. The number of hydrogen-bond acceptors (Lipinski definition) is 2. The van der Waals surface area contributed by atoms with Gasteiger partial charge in [0.05, 0.1) is 11.3 Å². The van der Waals surface area contributed by atoms with Crippen LogP contribution in [0.1, 0.15) is 28.5 Å². The number of nitrogens with zero attached hydrogens (tertiary/aromatic N) is 2. The summed E-state index contributed by atoms with van der Waals surface area (Å²) in [4.78, 5) is 11.1. The van der Waals surface area contributed by atoms with Gasteiger partial charge in [-0.05, 0) is 36.6 Å². The van der Waals surface area contributed by atoms with Crippen LogP contribution < -0.4 is 0 Å². The number of aromatic carboxylic acids is 1. The summed E-state index contributed by atoms with van der Waals surface area (Å²) in [6.45, 7) is 3.94. The molecule has 0 bridgehead atoms. The Morgan fingerprint density at radius 3 is 2.72 bits per heavy atom. The van der Waals surface area contributed by atoms with Crippen LogP contribution in [-0.2, 0) is 13.5 Å². The third-order valence-electron chi connectivity index (χ3n) is 2.88. The second-order valence-corrected chi connectivity index (χ2v) is 4.41. The number of carboxylic acid groups (broad SMARTS) is 1. The zero-order valence-electron chi connectivity index (χ0n) is 10.8. The van der Waals surface area contributed by atoms with Crippen LogP contribution in [0.3, 0.4) is 0 Å². The fraction of sp³-hybridized carbons (Fsp3) is 0.286. The fourth-order valence-corrected chi connectivity index (χ4v) is 2.10. The number of aryl methyl sites for hydroxylation is 3. The number of hydrogen-bond donors (Lipinski definition) is 1. The van der Waals surface area contributed by atoms with E-state index in [9.17, 15) is 4.79 Å². The largest absolute Gasteiger partial charge is 0.478 e. The smallest absolute Gasteiger partial charge is 0.335 e. The van der Waals surface area contributed by atoms with E-state index in [0.29, 0.717) is 5.56 Å². The van der Waals surface area contributed by atoms with E-state index in [1.165, 1.54) is 0 Å². The molecule has 1 aromatic carbocycles. The first kappa shape index (κ1) is 12.4. The predicted molar refractivity (Wildman–Crippen MR) is 69.7 cm³/mol. The Labute approximate surface area is 106 Å². The van der Waals surface area contributed by atoms with Gasteiger partial charge in [-0.1, -0.05) is 13.0 Å². The van der Waals surface area contributed by atoms with Crippen LogP contribution in [0.25, 0.3) is 11.1 Å². The monoisotopic (exact) mass is 244 g/mol. The molecule has 0 saturated heterocycles. The van der Waals surface area contributed by atoms with Gasteiger partial charge in [0, 0.05) is 18.8 Å². The molecule has 1 heterocycles. The molecule has 0 fully saturated rings. The molecule has 0 aliphatic carbocycles. The highest BCUT2D eigenvalue weighted by molar-refractivity contribution is 5.90. The van der Waals surface area contributed by atoms with E-state index in [-0.39, 0.29) is 0 Å². The molecule has 94 valence electrons. The van der Waals surface area contributed by atoms with Gasteiger partial charge in [0.25, 0.3) is 0 Å². The summed E-state index contributed by atoms with van der Waals surface area (Å²) in [5, 5.41) is 13.5. The van der Waals surface area contributed by atoms with Crippen LogP contribution in [0.5, 0.6) is 0 Å². The molecule has 0 spiro atoms. The molecule has 2 rings (SSSR count). The highest BCUT2D eigenvalue weighted by Crippen LogP contribution is 2.25. The molecule has 0 radical (unpaired) electrons. The van der Waals surface area contributed by atoms with E-state index >= 15 is 0 Å². The SMILES string of the molecule is CCc1nn(C)cc1-c1cc(C)cc(C(=O)O)c1. The highest BCUT2D eigenvalue weighted by Gasteiger charge is 2.11. The van der Waals surface area contributed by atoms with Crippen molar-refractivity contribution in [1.29, 1.82) is 0 Å². The number of benzene rings is 1. The lowest BCUT2D eigenvalue weighted by molar-refractivity contribution is 0.0697. The van der Waals surface area contributed by atoms with Gasteiger partial charge in [0.1, 0.15) is 0 Å². The van der Waals surface area contributed by atoms with Crippen LogP contribution in [0.2, 0.25) is 0 Å². The predicted octanol–water partition coefficient (Wildman–Crippen LogP) is 2.66. The first-order chi connectivity index (χ1) is 8.51. The molecule has 0 saturated carbocycles. The first-order valence-electron chi connectivity index (χ1n) is 5.89. The Morgan fingerprint density at radius 2 is 2.11 bits per heavy atom. The molecule has 1 N–H and O–H groups in total. The normalized spacial score (nSPS) is 10.6. The number of carboxylic acids is 1. The van der Waals surface area contributed by atoms with Crippen LogP contribution in [0.4, 0.5) is 0 Å². The lowest BCUT2D eigenvalue weighted by Crippen LogP contribution is -1.97. The topological polar surface area (TPSA) is 55.1 Å². The lowest BCUT2D eigenvalue weighted by atomic mass is 10.00. The van der Waals surface area contributed by atoms with Crippen molar-refractivity contribution in [3.05, 3.63) is 41.2 Å². The van der Waals surface area contributed by atoms with E-state index in [1.54, 1.807) is 16.8 Å². The van der Waals surface area contributed by atoms with Crippen molar-refractivity contribution >= 4 is 5.97 Å². The standard InChI is InChI=1S/C14H16N2O2/c1-4-13-12(8-16(3)15-13)10-5-9(2)6-11(7-10)14(17)18/h5-8H,4H2,1-3H3,(H,17,18). The zero-order valence-corrected chi connectivity index (χ0v) is 10.8. The van der Waals surface area contributed by atoms with Crippen molar-refractivity contribution in [2.45, 2.75) is 20.3 Å². The third kappa shape index (κ3) is 2.27. The minimum Gasteiger partial charge on any atom is -0.478 e. The summed E-state index contributed by atoms with van der Waals surface area (Å²) >= 11 is 0. The summed E-state index contributed by atoms with van der Waals surface area (Å²) in [6, 6.07) is 5.36. The quantitative estimate of drug-likeness (QED) is 0.903. The van der Waals surface area contributed by atoms with E-state index < -0.39 is 5.97 Å². The number of aromatic nitrogens is 2. The molecule has 18 heavy (non-hydrogen) atoms. The maximum atomic E-state index is 11.1. The fourth-order valence-electron chi connectivity index (χ4n) is 2.10. The number of rotatable bonds is 3. The van der Waals surface area contributed by atoms with Crippen molar-refractivity contribution < 1.29 is 9.90 Å². The lowest BCUT2D eigenvalue weighted by Gasteiger charge is -2.04.